The van der Waals surface area contributed by atoms with Crippen molar-refractivity contribution in [1.29, 1.82) is 0 Å². The standard InChI is InChI=1S/C14H14N4O/c1-19-12-5-2-10(3-6-12)8-14-17-16-13-7-4-11(15)9-18(13)14/h2-7,9H,8,15H2,1H3. The van der Waals surface area contributed by atoms with Gasteiger partial charge in [0.15, 0.2) is 5.65 Å². The second kappa shape index (κ2) is 4.61. The summed E-state index contributed by atoms with van der Waals surface area (Å²) >= 11 is 0. The first-order valence-electron chi connectivity index (χ1n) is 5.98. The van der Waals surface area contributed by atoms with Gasteiger partial charge in [0.25, 0.3) is 0 Å². The van der Waals surface area contributed by atoms with Crippen LogP contribution in [0.1, 0.15) is 11.4 Å². The molecular formula is C14H14N4O. The zero-order valence-electron chi connectivity index (χ0n) is 10.6. The smallest absolute Gasteiger partial charge is 0.160 e. The number of pyridine rings is 1. The summed E-state index contributed by atoms with van der Waals surface area (Å²) < 4.78 is 7.06. The quantitative estimate of drug-likeness (QED) is 0.775. The summed E-state index contributed by atoms with van der Waals surface area (Å²) in [6.45, 7) is 0. The number of rotatable bonds is 3. The van der Waals surface area contributed by atoms with Crippen molar-refractivity contribution < 1.29 is 4.74 Å². The molecule has 0 saturated carbocycles. The highest BCUT2D eigenvalue weighted by Gasteiger charge is 2.06. The Hall–Kier alpha value is -2.56. The van der Waals surface area contributed by atoms with Crippen LogP contribution in [-0.4, -0.2) is 21.7 Å². The minimum absolute atomic E-state index is 0.697. The van der Waals surface area contributed by atoms with Gasteiger partial charge in [0.05, 0.1) is 7.11 Å². The molecule has 5 nitrogen and oxygen atoms in total. The van der Waals surface area contributed by atoms with Crippen LogP contribution in [0.4, 0.5) is 5.69 Å². The maximum atomic E-state index is 5.79. The fourth-order valence-electron chi connectivity index (χ4n) is 2.00. The third kappa shape index (κ3) is 2.22. The van der Waals surface area contributed by atoms with Crippen LogP contribution in [0.3, 0.4) is 0 Å². The van der Waals surface area contributed by atoms with Crippen LogP contribution in [0.5, 0.6) is 5.75 Å². The molecule has 0 amide bonds. The van der Waals surface area contributed by atoms with Crippen LogP contribution >= 0.6 is 0 Å². The molecule has 0 aliphatic rings. The number of nitrogen functional groups attached to an aromatic ring is 1. The first-order valence-corrected chi connectivity index (χ1v) is 5.98. The van der Waals surface area contributed by atoms with Crippen LogP contribution in [0, 0.1) is 0 Å². The molecule has 19 heavy (non-hydrogen) atoms. The third-order valence-electron chi connectivity index (χ3n) is 3.02. The number of nitrogens with zero attached hydrogens (tertiary/aromatic N) is 3. The molecule has 2 N–H and O–H groups in total. The van der Waals surface area contributed by atoms with Crippen molar-refractivity contribution in [3.8, 4) is 5.75 Å². The number of benzene rings is 1. The molecule has 0 aliphatic carbocycles. The van der Waals surface area contributed by atoms with Crippen molar-refractivity contribution in [2.24, 2.45) is 0 Å². The zero-order chi connectivity index (χ0) is 13.2. The van der Waals surface area contributed by atoms with E-state index in [0.29, 0.717) is 12.1 Å². The van der Waals surface area contributed by atoms with Gasteiger partial charge in [0.1, 0.15) is 11.6 Å². The number of ether oxygens (including phenoxy) is 1. The fourth-order valence-corrected chi connectivity index (χ4v) is 2.00. The highest BCUT2D eigenvalue weighted by Crippen LogP contribution is 2.15. The Morgan fingerprint density at radius 1 is 1.11 bits per heavy atom. The minimum Gasteiger partial charge on any atom is -0.497 e. The average molecular weight is 254 g/mol. The van der Waals surface area contributed by atoms with Gasteiger partial charge >= 0.3 is 0 Å². The summed E-state index contributed by atoms with van der Waals surface area (Å²) in [7, 11) is 1.66. The first kappa shape index (κ1) is 11.5. The van der Waals surface area contributed by atoms with E-state index in [1.807, 2.05) is 47.0 Å². The number of hydrogen-bond donors (Lipinski definition) is 1. The zero-order valence-corrected chi connectivity index (χ0v) is 10.6. The van der Waals surface area contributed by atoms with Crippen molar-refractivity contribution in [2.45, 2.75) is 6.42 Å². The van der Waals surface area contributed by atoms with E-state index in [9.17, 15) is 0 Å². The maximum absolute atomic E-state index is 5.79. The SMILES string of the molecule is COc1ccc(Cc2nnc3ccc(N)cn23)cc1. The molecule has 0 spiro atoms. The van der Waals surface area contributed by atoms with Gasteiger partial charge in [-0.2, -0.15) is 0 Å². The summed E-state index contributed by atoms with van der Waals surface area (Å²) in [5, 5.41) is 8.32. The molecule has 0 atom stereocenters. The van der Waals surface area contributed by atoms with Crippen molar-refractivity contribution in [2.75, 3.05) is 12.8 Å². The van der Waals surface area contributed by atoms with E-state index in [2.05, 4.69) is 10.2 Å². The molecular weight excluding hydrogens is 240 g/mol. The third-order valence-corrected chi connectivity index (χ3v) is 3.02. The van der Waals surface area contributed by atoms with Crippen molar-refractivity contribution in [1.82, 2.24) is 14.6 Å². The normalized spacial score (nSPS) is 10.8. The molecule has 2 heterocycles. The summed E-state index contributed by atoms with van der Waals surface area (Å²) in [6.07, 6.45) is 2.54. The lowest BCUT2D eigenvalue weighted by molar-refractivity contribution is 0.414. The Morgan fingerprint density at radius 2 is 1.89 bits per heavy atom. The molecule has 0 bridgehead atoms. The van der Waals surface area contributed by atoms with Gasteiger partial charge in [-0.25, -0.2) is 0 Å². The van der Waals surface area contributed by atoms with Crippen LogP contribution in [0.2, 0.25) is 0 Å². The second-order valence-corrected chi connectivity index (χ2v) is 4.33. The molecule has 96 valence electrons. The number of nitrogens with two attached hydrogens (primary N) is 1. The number of aromatic nitrogens is 3. The van der Waals surface area contributed by atoms with Gasteiger partial charge < -0.3 is 10.5 Å². The second-order valence-electron chi connectivity index (χ2n) is 4.33. The first-order chi connectivity index (χ1) is 9.26. The predicted molar refractivity (Wildman–Crippen MR) is 73.2 cm³/mol. The van der Waals surface area contributed by atoms with Gasteiger partial charge in [0, 0.05) is 18.3 Å². The summed E-state index contributed by atoms with van der Waals surface area (Å²) in [5.74, 6) is 1.71. The molecule has 3 aromatic rings. The number of methoxy groups -OCH3 is 1. The Balaban J connectivity index is 1.93. The van der Waals surface area contributed by atoms with Gasteiger partial charge in [-0.05, 0) is 29.8 Å². The molecule has 2 aromatic heterocycles. The van der Waals surface area contributed by atoms with E-state index in [-0.39, 0.29) is 0 Å². The topological polar surface area (TPSA) is 65.4 Å². The Labute approximate surface area is 110 Å². The molecule has 3 rings (SSSR count). The van der Waals surface area contributed by atoms with Crippen LogP contribution in [0.25, 0.3) is 5.65 Å². The molecule has 0 unspecified atom stereocenters. The van der Waals surface area contributed by atoms with Gasteiger partial charge in [-0.1, -0.05) is 12.1 Å². The van der Waals surface area contributed by atoms with Gasteiger partial charge in [0.2, 0.25) is 0 Å². The van der Waals surface area contributed by atoms with Crippen molar-refractivity contribution in [3.05, 3.63) is 54.0 Å². The molecule has 0 radical (unpaired) electrons. The van der Waals surface area contributed by atoms with E-state index in [4.69, 9.17) is 10.5 Å². The van der Waals surface area contributed by atoms with Crippen LogP contribution < -0.4 is 10.5 Å². The summed E-state index contributed by atoms with van der Waals surface area (Å²) in [4.78, 5) is 0. The number of anilines is 1. The van der Waals surface area contributed by atoms with E-state index in [1.165, 1.54) is 0 Å². The van der Waals surface area contributed by atoms with Gasteiger partial charge in [-0.3, -0.25) is 4.40 Å². The molecule has 0 fully saturated rings. The molecule has 1 aromatic carbocycles. The van der Waals surface area contributed by atoms with E-state index < -0.39 is 0 Å². The Bertz CT molecular complexity index is 703. The fraction of sp³-hybridized carbons (Fsp3) is 0.143. The Kier molecular flexibility index (Phi) is 2.79. The summed E-state index contributed by atoms with van der Waals surface area (Å²) in [5.41, 5.74) is 8.44. The molecule has 0 saturated heterocycles. The lowest BCUT2D eigenvalue weighted by Gasteiger charge is -2.03. The predicted octanol–water partition coefficient (Wildman–Crippen LogP) is 1.91. The average Bonchev–Trinajstić information content (AvgIpc) is 2.82. The largest absolute Gasteiger partial charge is 0.497 e. The van der Waals surface area contributed by atoms with E-state index in [0.717, 1.165) is 22.8 Å². The maximum Gasteiger partial charge on any atom is 0.160 e. The monoisotopic (exact) mass is 254 g/mol. The van der Waals surface area contributed by atoms with Crippen molar-refractivity contribution in [3.63, 3.8) is 0 Å². The minimum atomic E-state index is 0.697. The van der Waals surface area contributed by atoms with Crippen LogP contribution in [-0.2, 0) is 6.42 Å². The van der Waals surface area contributed by atoms with Crippen LogP contribution in [0.15, 0.2) is 42.6 Å². The van der Waals surface area contributed by atoms with Gasteiger partial charge in [-0.15, -0.1) is 10.2 Å². The lowest BCUT2D eigenvalue weighted by Crippen LogP contribution is -1.98. The summed E-state index contributed by atoms with van der Waals surface area (Å²) in [6, 6.07) is 11.6. The number of hydrogen-bond acceptors (Lipinski definition) is 4. The van der Waals surface area contributed by atoms with E-state index >= 15 is 0 Å². The highest BCUT2D eigenvalue weighted by atomic mass is 16.5. The molecule has 5 heteroatoms. The number of fused-ring (bicyclic) bond motifs is 1. The highest BCUT2D eigenvalue weighted by molar-refractivity contribution is 5.47. The van der Waals surface area contributed by atoms with E-state index in [1.54, 1.807) is 7.11 Å². The van der Waals surface area contributed by atoms with Crippen molar-refractivity contribution >= 4 is 11.3 Å². The Morgan fingerprint density at radius 3 is 2.63 bits per heavy atom. The lowest BCUT2D eigenvalue weighted by atomic mass is 10.1. The molecule has 0 aliphatic heterocycles.